The molecule has 0 aliphatic carbocycles. The average molecular weight is 1050 g/mol. The molecule has 0 aromatic rings. The van der Waals surface area contributed by atoms with Crippen LogP contribution in [0.15, 0.2) is 0 Å². The molecule has 32 nitrogen and oxygen atoms in total. The van der Waals surface area contributed by atoms with E-state index in [2.05, 4.69) is 16.0 Å². The van der Waals surface area contributed by atoms with Crippen LogP contribution in [0.4, 0.5) is 0 Å². The molecule has 0 aromatic carbocycles. The molecule has 0 bridgehead atoms. The van der Waals surface area contributed by atoms with E-state index in [4.69, 9.17) is 16.6 Å². The number of nitrogens with one attached hydrogen (secondary N) is 9. The molecule has 0 radical (unpaired) electrons. The molecule has 10 amide bonds. The second kappa shape index (κ2) is 31.7. The number of nitrogens with two attached hydrogens (primary N) is 2. The van der Waals surface area contributed by atoms with E-state index in [1.165, 1.54) is 0 Å². The van der Waals surface area contributed by atoms with E-state index in [9.17, 15) is 97.8 Å². The summed E-state index contributed by atoms with van der Waals surface area (Å²) in [6.45, 7) is 6.26. The lowest BCUT2D eigenvalue weighted by Gasteiger charge is -2.30. The van der Waals surface area contributed by atoms with Gasteiger partial charge < -0.3 is 95.1 Å². The summed E-state index contributed by atoms with van der Waals surface area (Å²) in [6.07, 6.45) is -7.89. The van der Waals surface area contributed by atoms with Crippen molar-refractivity contribution in [2.45, 2.75) is 147 Å². The summed E-state index contributed by atoms with van der Waals surface area (Å²) in [7, 11) is 0. The summed E-state index contributed by atoms with van der Waals surface area (Å²) in [5, 5.41) is 86.5. The number of aliphatic hydroxyl groups is 3. The summed E-state index contributed by atoms with van der Waals surface area (Å²) in [5.74, 6) is -20.0. The zero-order valence-corrected chi connectivity index (χ0v) is 40.7. The third-order valence-electron chi connectivity index (χ3n) is 10.5. The van der Waals surface area contributed by atoms with Crippen LogP contribution in [-0.2, 0) is 67.1 Å². The number of primary amides is 1. The minimum atomic E-state index is -2.17. The first-order chi connectivity index (χ1) is 33.8. The van der Waals surface area contributed by atoms with Crippen molar-refractivity contribution in [1.29, 1.82) is 0 Å². The van der Waals surface area contributed by atoms with Crippen molar-refractivity contribution in [3.8, 4) is 0 Å². The van der Waals surface area contributed by atoms with Crippen molar-refractivity contribution in [1.82, 2.24) is 47.9 Å². The highest BCUT2D eigenvalue weighted by Crippen LogP contribution is 2.11. The molecule has 0 aromatic heterocycles. The van der Waals surface area contributed by atoms with Crippen molar-refractivity contribution in [3.63, 3.8) is 0 Å². The smallest absolute Gasteiger partial charge is 0.326 e. The Hall–Kier alpha value is -7.58. The van der Waals surface area contributed by atoms with E-state index in [-0.39, 0.29) is 5.92 Å². The highest BCUT2D eigenvalue weighted by molar-refractivity contribution is 6.00. The lowest BCUT2D eigenvalue weighted by molar-refractivity contribution is -0.144. The van der Waals surface area contributed by atoms with Crippen molar-refractivity contribution in [2.24, 2.45) is 23.3 Å². The summed E-state index contributed by atoms with van der Waals surface area (Å²) in [4.78, 5) is 176. The van der Waals surface area contributed by atoms with Gasteiger partial charge in [0.05, 0.1) is 50.7 Å². The average Bonchev–Trinajstić information content (AvgIpc) is 3.28. The topological polar surface area (TPSA) is 541 Å². The van der Waals surface area contributed by atoms with E-state index in [0.29, 0.717) is 6.42 Å². The first kappa shape index (κ1) is 65.4. The molecule has 0 heterocycles. The van der Waals surface area contributed by atoms with Crippen molar-refractivity contribution >= 4 is 82.9 Å². The van der Waals surface area contributed by atoms with Crippen LogP contribution < -0.4 is 59.3 Å². The van der Waals surface area contributed by atoms with Gasteiger partial charge in [-0.2, -0.15) is 0 Å². The van der Waals surface area contributed by atoms with Gasteiger partial charge in [0, 0.05) is 6.42 Å². The number of carboxylic acid groups (broad SMARTS) is 4. The third kappa shape index (κ3) is 23.9. The van der Waals surface area contributed by atoms with Gasteiger partial charge in [0.2, 0.25) is 59.1 Å². The Kier molecular flexibility index (Phi) is 28.4. The molecule has 0 saturated heterocycles. The highest BCUT2D eigenvalue weighted by atomic mass is 16.4. The minimum Gasteiger partial charge on any atom is -0.481 e. The molecule has 32 heteroatoms. The molecule has 73 heavy (non-hydrogen) atoms. The van der Waals surface area contributed by atoms with Crippen LogP contribution in [0.5, 0.6) is 0 Å². The van der Waals surface area contributed by atoms with Crippen LogP contribution in [0, 0.1) is 11.8 Å². The molecule has 412 valence electrons. The van der Waals surface area contributed by atoms with Gasteiger partial charge in [0.25, 0.3) is 0 Å². The van der Waals surface area contributed by atoms with Gasteiger partial charge in [-0.3, -0.25) is 62.3 Å². The summed E-state index contributed by atoms with van der Waals surface area (Å²) < 4.78 is 0. The Labute approximate surface area is 416 Å². The monoisotopic (exact) mass is 1050 g/mol. The van der Waals surface area contributed by atoms with Crippen LogP contribution in [0.3, 0.4) is 0 Å². The first-order valence-electron chi connectivity index (χ1n) is 22.4. The maximum atomic E-state index is 13.5. The van der Waals surface area contributed by atoms with Gasteiger partial charge >= 0.3 is 23.9 Å². The number of hydrogen-bond donors (Lipinski definition) is 18. The highest BCUT2D eigenvalue weighted by Gasteiger charge is 2.38. The number of carbonyl (C=O) groups excluding carboxylic acids is 10. The molecular formula is C41H67N11O21. The van der Waals surface area contributed by atoms with Gasteiger partial charge in [0.1, 0.15) is 48.3 Å². The normalized spacial score (nSPS) is 15.9. The maximum absolute atomic E-state index is 13.5. The van der Waals surface area contributed by atoms with Gasteiger partial charge in [-0.15, -0.1) is 0 Å². The van der Waals surface area contributed by atoms with E-state index in [1.807, 2.05) is 31.9 Å². The largest absolute Gasteiger partial charge is 0.481 e. The zero-order chi connectivity index (χ0) is 56.6. The third-order valence-corrected chi connectivity index (χ3v) is 10.5. The van der Waals surface area contributed by atoms with Gasteiger partial charge in [-0.1, -0.05) is 34.1 Å². The quantitative estimate of drug-likeness (QED) is 0.0285. The molecule has 0 saturated carbocycles. The summed E-state index contributed by atoms with van der Waals surface area (Å²) in [5.41, 5.74) is 11.0. The molecule has 20 N–H and O–H groups in total. The second-order valence-corrected chi connectivity index (χ2v) is 17.0. The number of hydrogen-bond acceptors (Lipinski definition) is 18. The van der Waals surface area contributed by atoms with Crippen molar-refractivity contribution in [2.75, 3.05) is 13.2 Å². The summed E-state index contributed by atoms with van der Waals surface area (Å²) in [6, 6.07) is -16.3. The van der Waals surface area contributed by atoms with Gasteiger partial charge in [-0.05, 0) is 32.1 Å². The SMILES string of the molecule is CC[C@H](C)[C@H](NC(=O)[C@@H](N)C(C)C)C(=O)N[C@H](C(=O)N[C@H](C(=O)N[C@@H](CC(=O)O)C(=O)N[C@@H](CO)C(=O)N[C@@H](CC(=O)O)C(=O)NCC(=O)N[C@@H](CC(N)=O)C(=O)N[C@@H](CCC(=O)O)C(=O)O)[C@@H](C)O)[C@@H](C)O. The summed E-state index contributed by atoms with van der Waals surface area (Å²) >= 11 is 0. The fraction of sp³-hybridized carbons (Fsp3) is 0.659. The van der Waals surface area contributed by atoms with Crippen LogP contribution >= 0.6 is 0 Å². The number of carbonyl (C=O) groups is 14. The first-order valence-corrected chi connectivity index (χ1v) is 22.4. The fourth-order valence-corrected chi connectivity index (χ4v) is 6.06. The van der Waals surface area contributed by atoms with Crippen LogP contribution in [0.2, 0.25) is 0 Å². The van der Waals surface area contributed by atoms with Crippen molar-refractivity contribution in [3.05, 3.63) is 0 Å². The van der Waals surface area contributed by atoms with Crippen molar-refractivity contribution < 1.29 is 103 Å². The predicted molar refractivity (Wildman–Crippen MR) is 244 cm³/mol. The number of aliphatic carboxylic acids is 4. The number of aliphatic hydroxyl groups excluding tert-OH is 3. The van der Waals surface area contributed by atoms with Crippen LogP contribution in [0.1, 0.15) is 80.1 Å². The van der Waals surface area contributed by atoms with Gasteiger partial charge in [0.15, 0.2) is 0 Å². The fourth-order valence-electron chi connectivity index (χ4n) is 6.06. The molecule has 12 atom stereocenters. The number of carboxylic acids is 4. The molecule has 0 unspecified atom stereocenters. The lowest BCUT2D eigenvalue weighted by Crippen LogP contribution is -2.64. The van der Waals surface area contributed by atoms with E-state index < -0.39 is 201 Å². The van der Waals surface area contributed by atoms with Crippen LogP contribution in [0.25, 0.3) is 0 Å². The Bertz CT molecular complexity index is 2040. The molecule has 0 rings (SSSR count). The predicted octanol–water partition coefficient (Wildman–Crippen LogP) is -8.46. The second-order valence-electron chi connectivity index (χ2n) is 17.0. The Balaban J connectivity index is 6.20. The Morgan fingerprint density at radius 2 is 0.877 bits per heavy atom. The lowest BCUT2D eigenvalue weighted by atomic mass is 9.96. The Morgan fingerprint density at radius 1 is 0.479 bits per heavy atom. The van der Waals surface area contributed by atoms with Gasteiger partial charge in [-0.25, -0.2) is 4.79 Å². The molecule has 0 spiro atoms. The number of rotatable bonds is 34. The molecular weight excluding hydrogens is 983 g/mol. The molecule has 0 aliphatic heterocycles. The zero-order valence-electron chi connectivity index (χ0n) is 40.7. The Morgan fingerprint density at radius 3 is 1.29 bits per heavy atom. The molecule has 0 fully saturated rings. The standard InChI is InChI=1S/C41H67N11O21/c1-7-16(4)30(50-37(68)29(43)15(2)3)38(69)51-32(18(6)55)40(71)52-31(17(5)54)39(70)48-22(12-28(62)63)35(66)49-23(14-53)36(67)47-21(11-27(60)61)33(64)44-13-25(57)45-20(10-24(42)56)34(65)46-19(41(72)73)8-9-26(58)59/h15-23,29-32,53-55H,7-14,43H2,1-6H3,(H2,42,56)(H,44,64)(H,45,57)(H,46,65)(H,47,67)(H,48,70)(H,49,66)(H,50,68)(H,51,69)(H,52,71)(H,58,59)(H,60,61)(H,62,63)(H,72,73)/t16-,17+,18+,19-,20-,21-,22-,23-,29-,30-,31-,32-/m0/s1. The minimum absolute atomic E-state index is 0.324. The van der Waals surface area contributed by atoms with E-state index in [0.717, 1.165) is 13.8 Å². The van der Waals surface area contributed by atoms with Crippen LogP contribution in [-0.4, -0.2) is 198 Å². The van der Waals surface area contributed by atoms with E-state index >= 15 is 0 Å². The maximum Gasteiger partial charge on any atom is 0.326 e. The van der Waals surface area contributed by atoms with E-state index in [1.54, 1.807) is 27.7 Å². The molecule has 0 aliphatic rings. The number of amides is 10.